The first-order valence-corrected chi connectivity index (χ1v) is 4.91. The van der Waals surface area contributed by atoms with Gasteiger partial charge in [0.25, 0.3) is 0 Å². The lowest BCUT2D eigenvalue weighted by atomic mass is 10.2. The van der Waals surface area contributed by atoms with Crippen molar-refractivity contribution in [2.45, 2.75) is 13.0 Å². The molecule has 0 saturated heterocycles. The van der Waals surface area contributed by atoms with Crippen LogP contribution in [0, 0.1) is 0 Å². The van der Waals surface area contributed by atoms with Gasteiger partial charge in [0.2, 0.25) is 5.91 Å². The fourth-order valence-corrected chi connectivity index (χ4v) is 1.14. The third-order valence-electron chi connectivity index (χ3n) is 2.03. The highest BCUT2D eigenvalue weighted by Crippen LogP contribution is 2.08. The van der Waals surface area contributed by atoms with Crippen molar-refractivity contribution in [1.82, 2.24) is 10.6 Å². The molecule has 0 atom stereocenters. The van der Waals surface area contributed by atoms with E-state index in [9.17, 15) is 4.79 Å². The number of phenols is 1. The van der Waals surface area contributed by atoms with Gasteiger partial charge < -0.3 is 15.7 Å². The minimum atomic E-state index is 0.0254. The second kappa shape index (κ2) is 6.03. The maximum absolute atomic E-state index is 11.2. The standard InChI is InChI=1S/C11H16N2O2/c1-12-7-6-11(15)13-8-9-2-4-10(14)5-3-9/h2-5,12,14H,6-8H2,1H3,(H,13,15). The molecular weight excluding hydrogens is 192 g/mol. The van der Waals surface area contributed by atoms with Gasteiger partial charge in [-0.25, -0.2) is 0 Å². The van der Waals surface area contributed by atoms with Crippen LogP contribution >= 0.6 is 0 Å². The van der Waals surface area contributed by atoms with Crippen molar-refractivity contribution in [2.75, 3.05) is 13.6 Å². The third-order valence-corrected chi connectivity index (χ3v) is 2.03. The molecule has 15 heavy (non-hydrogen) atoms. The topological polar surface area (TPSA) is 61.4 Å². The van der Waals surface area contributed by atoms with E-state index in [0.29, 0.717) is 19.5 Å². The molecule has 4 heteroatoms. The van der Waals surface area contributed by atoms with Crippen molar-refractivity contribution in [3.8, 4) is 5.75 Å². The number of carbonyl (C=O) groups excluding carboxylic acids is 1. The zero-order valence-corrected chi connectivity index (χ0v) is 8.79. The number of hydrogen-bond acceptors (Lipinski definition) is 3. The predicted octanol–water partition coefficient (Wildman–Crippen LogP) is 0.618. The molecule has 0 aromatic heterocycles. The summed E-state index contributed by atoms with van der Waals surface area (Å²) in [6, 6.07) is 6.78. The molecule has 0 saturated carbocycles. The number of amides is 1. The maximum atomic E-state index is 11.2. The summed E-state index contributed by atoms with van der Waals surface area (Å²) in [7, 11) is 1.81. The zero-order valence-electron chi connectivity index (χ0n) is 8.79. The van der Waals surface area contributed by atoms with Crippen LogP contribution in [0.25, 0.3) is 0 Å². The van der Waals surface area contributed by atoms with Crippen LogP contribution < -0.4 is 10.6 Å². The van der Waals surface area contributed by atoms with E-state index >= 15 is 0 Å². The van der Waals surface area contributed by atoms with E-state index in [1.165, 1.54) is 0 Å². The van der Waals surface area contributed by atoms with Gasteiger partial charge in [0.05, 0.1) is 0 Å². The van der Waals surface area contributed by atoms with Crippen LogP contribution in [0.3, 0.4) is 0 Å². The first kappa shape index (κ1) is 11.5. The van der Waals surface area contributed by atoms with E-state index in [1.807, 2.05) is 7.05 Å². The van der Waals surface area contributed by atoms with Crippen molar-refractivity contribution < 1.29 is 9.90 Å². The van der Waals surface area contributed by atoms with E-state index in [0.717, 1.165) is 5.56 Å². The van der Waals surface area contributed by atoms with Gasteiger partial charge in [-0.1, -0.05) is 12.1 Å². The Kier molecular flexibility index (Phi) is 4.63. The molecule has 0 radical (unpaired) electrons. The van der Waals surface area contributed by atoms with Gasteiger partial charge in [-0.3, -0.25) is 4.79 Å². The monoisotopic (exact) mass is 208 g/mol. The summed E-state index contributed by atoms with van der Waals surface area (Å²) in [4.78, 5) is 11.2. The summed E-state index contributed by atoms with van der Waals surface area (Å²) < 4.78 is 0. The second-order valence-electron chi connectivity index (χ2n) is 3.30. The third kappa shape index (κ3) is 4.46. The van der Waals surface area contributed by atoms with E-state index in [-0.39, 0.29) is 11.7 Å². The van der Waals surface area contributed by atoms with Crippen LogP contribution in [-0.4, -0.2) is 24.6 Å². The Hall–Kier alpha value is -1.55. The SMILES string of the molecule is CNCCC(=O)NCc1ccc(O)cc1. The van der Waals surface area contributed by atoms with Crippen LogP contribution in [0.2, 0.25) is 0 Å². The minimum Gasteiger partial charge on any atom is -0.508 e. The van der Waals surface area contributed by atoms with Gasteiger partial charge in [0.1, 0.15) is 5.75 Å². The van der Waals surface area contributed by atoms with Crippen molar-refractivity contribution in [3.63, 3.8) is 0 Å². The molecule has 0 unspecified atom stereocenters. The van der Waals surface area contributed by atoms with Crippen LogP contribution in [0.15, 0.2) is 24.3 Å². The Balaban J connectivity index is 2.30. The number of hydrogen-bond donors (Lipinski definition) is 3. The summed E-state index contributed by atoms with van der Waals surface area (Å²) >= 11 is 0. The Bertz CT molecular complexity index is 309. The van der Waals surface area contributed by atoms with Gasteiger partial charge in [-0.05, 0) is 24.7 Å². The Labute approximate surface area is 89.3 Å². The van der Waals surface area contributed by atoms with Crippen LogP contribution in [-0.2, 0) is 11.3 Å². The van der Waals surface area contributed by atoms with Gasteiger partial charge in [0, 0.05) is 19.5 Å². The summed E-state index contributed by atoms with van der Waals surface area (Å²) in [6.07, 6.45) is 0.481. The lowest BCUT2D eigenvalue weighted by Crippen LogP contribution is -2.25. The van der Waals surface area contributed by atoms with E-state index in [2.05, 4.69) is 10.6 Å². The quantitative estimate of drug-likeness (QED) is 0.664. The molecule has 1 aromatic rings. The molecule has 1 amide bonds. The Morgan fingerprint density at radius 2 is 2.00 bits per heavy atom. The molecule has 0 heterocycles. The van der Waals surface area contributed by atoms with E-state index in [1.54, 1.807) is 24.3 Å². The fraction of sp³-hybridized carbons (Fsp3) is 0.364. The highest BCUT2D eigenvalue weighted by atomic mass is 16.3. The molecule has 0 aliphatic carbocycles. The van der Waals surface area contributed by atoms with E-state index in [4.69, 9.17) is 5.11 Å². The average Bonchev–Trinajstić information content (AvgIpc) is 2.25. The number of nitrogens with one attached hydrogen (secondary N) is 2. The molecule has 0 spiro atoms. The Morgan fingerprint density at radius 1 is 1.33 bits per heavy atom. The molecular formula is C11H16N2O2. The number of phenolic OH excluding ortho intramolecular Hbond substituents is 1. The summed E-state index contributed by atoms with van der Waals surface area (Å²) in [5.74, 6) is 0.262. The van der Waals surface area contributed by atoms with Gasteiger partial charge in [-0.15, -0.1) is 0 Å². The largest absolute Gasteiger partial charge is 0.508 e. The maximum Gasteiger partial charge on any atom is 0.221 e. The number of carbonyl (C=O) groups is 1. The van der Waals surface area contributed by atoms with Gasteiger partial charge >= 0.3 is 0 Å². The van der Waals surface area contributed by atoms with Crippen molar-refractivity contribution in [1.29, 1.82) is 0 Å². The smallest absolute Gasteiger partial charge is 0.221 e. The molecule has 0 aliphatic heterocycles. The first-order chi connectivity index (χ1) is 7.22. The highest BCUT2D eigenvalue weighted by molar-refractivity contribution is 5.76. The van der Waals surface area contributed by atoms with Gasteiger partial charge in [0.15, 0.2) is 0 Å². The number of benzene rings is 1. The predicted molar refractivity (Wildman–Crippen MR) is 58.5 cm³/mol. The molecule has 4 nitrogen and oxygen atoms in total. The molecule has 0 aliphatic rings. The normalized spacial score (nSPS) is 9.93. The van der Waals surface area contributed by atoms with Crippen molar-refractivity contribution in [3.05, 3.63) is 29.8 Å². The first-order valence-electron chi connectivity index (χ1n) is 4.91. The molecule has 1 aromatic carbocycles. The molecule has 82 valence electrons. The summed E-state index contributed by atoms with van der Waals surface area (Å²) in [5.41, 5.74) is 0.977. The van der Waals surface area contributed by atoms with Gasteiger partial charge in [-0.2, -0.15) is 0 Å². The second-order valence-corrected chi connectivity index (χ2v) is 3.30. The van der Waals surface area contributed by atoms with Crippen LogP contribution in [0.1, 0.15) is 12.0 Å². The minimum absolute atomic E-state index is 0.0254. The average molecular weight is 208 g/mol. The Morgan fingerprint density at radius 3 is 2.60 bits per heavy atom. The molecule has 3 N–H and O–H groups in total. The molecule has 0 fully saturated rings. The number of aromatic hydroxyl groups is 1. The van der Waals surface area contributed by atoms with Crippen molar-refractivity contribution >= 4 is 5.91 Å². The van der Waals surface area contributed by atoms with Crippen LogP contribution in [0.5, 0.6) is 5.75 Å². The summed E-state index contributed by atoms with van der Waals surface area (Å²) in [5, 5.41) is 14.8. The van der Waals surface area contributed by atoms with Crippen LogP contribution in [0.4, 0.5) is 0 Å². The lowest BCUT2D eigenvalue weighted by molar-refractivity contribution is -0.121. The molecule has 0 bridgehead atoms. The highest BCUT2D eigenvalue weighted by Gasteiger charge is 1.99. The fourth-order valence-electron chi connectivity index (χ4n) is 1.14. The number of rotatable bonds is 5. The van der Waals surface area contributed by atoms with Crippen molar-refractivity contribution in [2.24, 2.45) is 0 Å². The molecule has 1 rings (SSSR count). The van der Waals surface area contributed by atoms with E-state index < -0.39 is 0 Å². The summed E-state index contributed by atoms with van der Waals surface area (Å²) in [6.45, 7) is 1.18. The zero-order chi connectivity index (χ0) is 11.1. The lowest BCUT2D eigenvalue weighted by Gasteiger charge is -2.05.